The molecule has 1 atom stereocenters. The molecule has 1 amide bonds. The van der Waals surface area contributed by atoms with Crippen molar-refractivity contribution in [2.45, 2.75) is 39.7 Å². The third-order valence-electron chi connectivity index (χ3n) is 4.13. The molecule has 0 bridgehead atoms. The predicted molar refractivity (Wildman–Crippen MR) is 89.4 cm³/mol. The number of piperidine rings is 1. The average molecular weight is 345 g/mol. The number of nitrogens with one attached hydrogen (secondary N) is 1. The maximum absolute atomic E-state index is 12.3. The lowest BCUT2D eigenvalue weighted by Gasteiger charge is -2.30. The number of hydrogen-bond acceptors (Lipinski definition) is 4. The van der Waals surface area contributed by atoms with E-state index in [1.165, 1.54) is 9.18 Å². The Balaban J connectivity index is 1.87. The van der Waals surface area contributed by atoms with Crippen molar-refractivity contribution >= 4 is 27.3 Å². The normalized spacial score (nSPS) is 19.0. The average Bonchev–Trinajstić information content (AvgIpc) is 2.94. The van der Waals surface area contributed by atoms with Crippen LogP contribution in [0.2, 0.25) is 0 Å². The van der Waals surface area contributed by atoms with Gasteiger partial charge in [-0.05, 0) is 45.7 Å². The van der Waals surface area contributed by atoms with Crippen LogP contribution < -0.4 is 5.32 Å². The minimum Gasteiger partial charge on any atom is -0.349 e. The molecular formula is C15H24N2O3S2. The molecule has 22 heavy (non-hydrogen) atoms. The smallest absolute Gasteiger partial charge is 0.223 e. The molecule has 1 aromatic rings. The van der Waals surface area contributed by atoms with Crippen molar-refractivity contribution in [1.29, 1.82) is 0 Å². The van der Waals surface area contributed by atoms with Gasteiger partial charge in [-0.1, -0.05) is 0 Å². The predicted octanol–water partition coefficient (Wildman–Crippen LogP) is 2.30. The molecule has 0 spiro atoms. The molecule has 2 heterocycles. The lowest BCUT2D eigenvalue weighted by atomic mass is 9.97. The van der Waals surface area contributed by atoms with Crippen molar-refractivity contribution in [3.63, 3.8) is 0 Å². The number of nitrogens with zero attached hydrogens (tertiary/aromatic N) is 1. The van der Waals surface area contributed by atoms with Gasteiger partial charge in [0.1, 0.15) is 0 Å². The largest absolute Gasteiger partial charge is 0.349 e. The van der Waals surface area contributed by atoms with E-state index in [2.05, 4.69) is 11.4 Å². The summed E-state index contributed by atoms with van der Waals surface area (Å²) in [5, 5.41) is 3.05. The molecular weight excluding hydrogens is 320 g/mol. The molecule has 0 radical (unpaired) electrons. The van der Waals surface area contributed by atoms with E-state index in [0.717, 1.165) is 4.88 Å². The molecule has 7 heteroatoms. The highest BCUT2D eigenvalue weighted by molar-refractivity contribution is 7.89. The summed E-state index contributed by atoms with van der Waals surface area (Å²) in [6.45, 7) is 6.58. The van der Waals surface area contributed by atoms with Crippen molar-refractivity contribution in [3.05, 3.63) is 21.9 Å². The number of carbonyl (C=O) groups excluding carboxylic acids is 1. The lowest BCUT2D eigenvalue weighted by Crippen LogP contribution is -2.43. The molecule has 0 aliphatic carbocycles. The minimum atomic E-state index is -3.13. The fourth-order valence-corrected chi connectivity index (χ4v) is 4.68. The number of rotatable bonds is 5. The highest BCUT2D eigenvalue weighted by Crippen LogP contribution is 2.24. The molecule has 0 aromatic carbocycles. The van der Waals surface area contributed by atoms with Gasteiger partial charge in [0.25, 0.3) is 0 Å². The van der Waals surface area contributed by atoms with E-state index in [1.807, 2.05) is 19.9 Å². The number of hydrogen-bond donors (Lipinski definition) is 1. The van der Waals surface area contributed by atoms with Gasteiger partial charge in [0, 0.05) is 28.8 Å². The molecule has 1 aliphatic heterocycles. The van der Waals surface area contributed by atoms with Gasteiger partial charge < -0.3 is 5.32 Å². The summed E-state index contributed by atoms with van der Waals surface area (Å²) < 4.78 is 25.1. The van der Waals surface area contributed by atoms with Gasteiger partial charge in [-0.15, -0.1) is 11.3 Å². The minimum absolute atomic E-state index is 0.00334. The van der Waals surface area contributed by atoms with Crippen LogP contribution in [0, 0.1) is 12.8 Å². The standard InChI is InChI=1S/C15H24N2O3S2/c1-4-22(19,20)17-9-7-13(8-10-17)15(18)16-12(3)14-6-5-11(2)21-14/h5-6,12-13H,4,7-10H2,1-3H3,(H,16,18). The molecule has 1 unspecified atom stereocenters. The summed E-state index contributed by atoms with van der Waals surface area (Å²) in [5.74, 6) is 0.0671. The molecule has 1 N–H and O–H groups in total. The first-order valence-electron chi connectivity index (χ1n) is 7.68. The molecule has 124 valence electrons. The van der Waals surface area contributed by atoms with Crippen molar-refractivity contribution < 1.29 is 13.2 Å². The van der Waals surface area contributed by atoms with E-state index in [1.54, 1.807) is 18.3 Å². The highest BCUT2D eigenvalue weighted by Gasteiger charge is 2.30. The van der Waals surface area contributed by atoms with Crippen molar-refractivity contribution in [2.24, 2.45) is 5.92 Å². The van der Waals surface area contributed by atoms with Crippen molar-refractivity contribution in [2.75, 3.05) is 18.8 Å². The number of sulfonamides is 1. The van der Waals surface area contributed by atoms with Gasteiger partial charge in [-0.25, -0.2) is 12.7 Å². The Morgan fingerprint density at radius 2 is 2.05 bits per heavy atom. The molecule has 1 saturated heterocycles. The number of carbonyl (C=O) groups is 1. The lowest BCUT2D eigenvalue weighted by molar-refractivity contribution is -0.126. The van der Waals surface area contributed by atoms with Crippen LogP contribution >= 0.6 is 11.3 Å². The summed E-state index contributed by atoms with van der Waals surface area (Å²) in [4.78, 5) is 14.7. The summed E-state index contributed by atoms with van der Waals surface area (Å²) in [7, 11) is -3.13. The topological polar surface area (TPSA) is 66.5 Å². The fraction of sp³-hybridized carbons (Fsp3) is 0.667. The fourth-order valence-electron chi connectivity index (χ4n) is 2.67. The second-order valence-electron chi connectivity index (χ2n) is 5.75. The molecule has 1 aromatic heterocycles. The first-order chi connectivity index (χ1) is 10.3. The SMILES string of the molecule is CCS(=O)(=O)N1CCC(C(=O)NC(C)c2ccc(C)s2)CC1. The maximum atomic E-state index is 12.3. The van der Waals surface area contributed by atoms with E-state index < -0.39 is 10.0 Å². The zero-order valence-corrected chi connectivity index (χ0v) is 15.0. The first-order valence-corrected chi connectivity index (χ1v) is 10.1. The Morgan fingerprint density at radius 1 is 1.41 bits per heavy atom. The highest BCUT2D eigenvalue weighted by atomic mass is 32.2. The van der Waals surface area contributed by atoms with Crippen molar-refractivity contribution in [1.82, 2.24) is 9.62 Å². The molecule has 2 rings (SSSR count). The second kappa shape index (κ2) is 7.10. The summed E-state index contributed by atoms with van der Waals surface area (Å²) in [6, 6.07) is 4.10. The third kappa shape index (κ3) is 4.08. The van der Waals surface area contributed by atoms with E-state index in [4.69, 9.17) is 0 Å². The van der Waals surface area contributed by atoms with E-state index in [-0.39, 0.29) is 23.6 Å². The molecule has 1 fully saturated rings. The summed E-state index contributed by atoms with van der Waals surface area (Å²) in [6.07, 6.45) is 1.20. The van der Waals surface area contributed by atoms with Crippen LogP contribution in [0.4, 0.5) is 0 Å². The maximum Gasteiger partial charge on any atom is 0.223 e. The zero-order chi connectivity index (χ0) is 16.3. The quantitative estimate of drug-likeness (QED) is 0.891. The van der Waals surface area contributed by atoms with Crippen LogP contribution in [0.25, 0.3) is 0 Å². The Labute approximate surface area is 136 Å². The molecule has 5 nitrogen and oxygen atoms in total. The Bertz CT molecular complexity index is 616. The Morgan fingerprint density at radius 3 is 2.55 bits per heavy atom. The summed E-state index contributed by atoms with van der Waals surface area (Å²) >= 11 is 1.69. The summed E-state index contributed by atoms with van der Waals surface area (Å²) in [5.41, 5.74) is 0. The molecule has 1 aliphatic rings. The Kier molecular flexibility index (Phi) is 5.63. The number of amides is 1. The number of thiophene rings is 1. The molecule has 0 saturated carbocycles. The van der Waals surface area contributed by atoms with Gasteiger partial charge in [-0.2, -0.15) is 0 Å². The van der Waals surface area contributed by atoms with Crippen LogP contribution in [0.1, 0.15) is 42.5 Å². The van der Waals surface area contributed by atoms with Crippen LogP contribution in [0.3, 0.4) is 0 Å². The van der Waals surface area contributed by atoms with Crippen LogP contribution in [-0.2, 0) is 14.8 Å². The van der Waals surface area contributed by atoms with E-state index in [9.17, 15) is 13.2 Å². The van der Waals surface area contributed by atoms with Crippen molar-refractivity contribution in [3.8, 4) is 0 Å². The van der Waals surface area contributed by atoms with E-state index in [0.29, 0.717) is 25.9 Å². The number of aryl methyl sites for hydroxylation is 1. The monoisotopic (exact) mass is 344 g/mol. The van der Waals surface area contributed by atoms with Crippen LogP contribution in [0.15, 0.2) is 12.1 Å². The van der Waals surface area contributed by atoms with Gasteiger partial charge in [0.15, 0.2) is 0 Å². The second-order valence-corrected chi connectivity index (χ2v) is 9.33. The van der Waals surface area contributed by atoms with Crippen LogP contribution in [-0.4, -0.2) is 37.5 Å². The zero-order valence-electron chi connectivity index (χ0n) is 13.3. The van der Waals surface area contributed by atoms with Gasteiger partial charge in [0.2, 0.25) is 15.9 Å². The van der Waals surface area contributed by atoms with Gasteiger partial charge in [0.05, 0.1) is 11.8 Å². The Hall–Kier alpha value is -0.920. The third-order valence-corrected chi connectivity index (χ3v) is 7.19. The van der Waals surface area contributed by atoms with E-state index >= 15 is 0 Å². The first kappa shape index (κ1) is 17.4. The van der Waals surface area contributed by atoms with Gasteiger partial charge >= 0.3 is 0 Å². The van der Waals surface area contributed by atoms with Gasteiger partial charge in [-0.3, -0.25) is 4.79 Å². The van der Waals surface area contributed by atoms with Crippen LogP contribution in [0.5, 0.6) is 0 Å².